The molecular formula is C20H29IN4O2S. The lowest BCUT2D eigenvalue weighted by Crippen LogP contribution is -2.40. The molecule has 0 bridgehead atoms. The van der Waals surface area contributed by atoms with Crippen molar-refractivity contribution >= 4 is 41.3 Å². The van der Waals surface area contributed by atoms with Crippen molar-refractivity contribution in [3.05, 3.63) is 35.3 Å². The van der Waals surface area contributed by atoms with Crippen LogP contribution >= 0.6 is 35.3 Å². The Bertz CT molecular complexity index is 747. The summed E-state index contributed by atoms with van der Waals surface area (Å²) in [7, 11) is 5.50. The molecule has 1 aliphatic rings. The predicted molar refractivity (Wildman–Crippen MR) is 126 cm³/mol. The number of hydrogen-bond donors (Lipinski definition) is 1. The third-order valence-corrected chi connectivity index (χ3v) is 5.45. The number of benzene rings is 1. The number of aromatic nitrogens is 1. The third-order valence-electron chi connectivity index (χ3n) is 4.51. The van der Waals surface area contributed by atoms with Gasteiger partial charge in [0.05, 0.1) is 26.0 Å². The summed E-state index contributed by atoms with van der Waals surface area (Å²) in [5.41, 5.74) is 2.10. The minimum absolute atomic E-state index is 0. The zero-order valence-corrected chi connectivity index (χ0v) is 19.8. The van der Waals surface area contributed by atoms with Crippen molar-refractivity contribution in [3.8, 4) is 16.3 Å². The number of nitrogens with one attached hydrogen (secondary N) is 1. The van der Waals surface area contributed by atoms with Gasteiger partial charge in [0.2, 0.25) is 0 Å². The number of guanidine groups is 1. The normalized spacial score (nSPS) is 13.8. The van der Waals surface area contributed by atoms with Crippen LogP contribution in [-0.4, -0.2) is 56.8 Å². The van der Waals surface area contributed by atoms with Crippen molar-refractivity contribution < 1.29 is 9.47 Å². The van der Waals surface area contributed by atoms with E-state index < -0.39 is 0 Å². The molecule has 6 nitrogen and oxygen atoms in total. The van der Waals surface area contributed by atoms with Gasteiger partial charge in [0.1, 0.15) is 10.8 Å². The molecule has 0 amide bonds. The fraction of sp³-hybridized carbons (Fsp3) is 0.500. The Morgan fingerprint density at radius 2 is 2.07 bits per heavy atom. The van der Waals surface area contributed by atoms with Crippen LogP contribution in [0.4, 0.5) is 0 Å². The van der Waals surface area contributed by atoms with E-state index >= 15 is 0 Å². The summed E-state index contributed by atoms with van der Waals surface area (Å²) in [6.07, 6.45) is 2.65. The zero-order valence-electron chi connectivity index (χ0n) is 16.7. The average molecular weight is 516 g/mol. The van der Waals surface area contributed by atoms with Crippen molar-refractivity contribution in [2.75, 3.05) is 41.0 Å². The first-order chi connectivity index (χ1) is 13.2. The van der Waals surface area contributed by atoms with E-state index in [9.17, 15) is 0 Å². The molecule has 0 saturated heterocycles. The molecule has 28 heavy (non-hydrogen) atoms. The van der Waals surface area contributed by atoms with Crippen LogP contribution in [-0.2, 0) is 11.3 Å². The van der Waals surface area contributed by atoms with Gasteiger partial charge in [-0.05, 0) is 43.0 Å². The van der Waals surface area contributed by atoms with Gasteiger partial charge in [0.15, 0.2) is 5.96 Å². The summed E-state index contributed by atoms with van der Waals surface area (Å²) in [5.74, 6) is 2.51. The van der Waals surface area contributed by atoms with Gasteiger partial charge >= 0.3 is 0 Å². The van der Waals surface area contributed by atoms with Crippen molar-refractivity contribution in [1.29, 1.82) is 0 Å². The second kappa shape index (κ2) is 11.6. The molecule has 1 saturated carbocycles. The maximum atomic E-state index is 5.71. The number of halogens is 1. The van der Waals surface area contributed by atoms with Gasteiger partial charge in [0.25, 0.3) is 0 Å². The lowest BCUT2D eigenvalue weighted by molar-refractivity contribution is 0.115. The molecule has 3 rings (SSSR count). The number of methoxy groups -OCH3 is 1. The molecule has 154 valence electrons. The van der Waals surface area contributed by atoms with Crippen LogP contribution in [0.15, 0.2) is 34.6 Å². The number of likely N-dealkylation sites (N-methyl/N-ethyl adjacent to an activating group) is 1. The Morgan fingerprint density at radius 1 is 1.32 bits per heavy atom. The molecule has 1 aromatic carbocycles. The first kappa shape index (κ1) is 22.9. The van der Waals surface area contributed by atoms with E-state index in [2.05, 4.69) is 20.6 Å². The van der Waals surface area contributed by atoms with Crippen LogP contribution < -0.4 is 10.1 Å². The highest BCUT2D eigenvalue weighted by Crippen LogP contribution is 2.28. The van der Waals surface area contributed by atoms with Crippen molar-refractivity contribution in [2.45, 2.75) is 19.4 Å². The van der Waals surface area contributed by atoms with Crippen LogP contribution in [0, 0.1) is 5.92 Å². The Kier molecular flexibility index (Phi) is 9.46. The molecule has 0 unspecified atom stereocenters. The van der Waals surface area contributed by atoms with Gasteiger partial charge in [-0.3, -0.25) is 4.99 Å². The molecule has 1 heterocycles. The SMILES string of the molecule is CN=C(NCc1csc(-c2ccc(OC)cc2)n1)N(C)CCOCC1CC1.I. The lowest BCUT2D eigenvalue weighted by atomic mass is 10.2. The molecular weight excluding hydrogens is 487 g/mol. The smallest absolute Gasteiger partial charge is 0.193 e. The first-order valence-electron chi connectivity index (χ1n) is 9.28. The Balaban J connectivity index is 0.00000280. The Labute approximate surface area is 188 Å². The topological polar surface area (TPSA) is 59.0 Å². The fourth-order valence-electron chi connectivity index (χ4n) is 2.65. The highest BCUT2D eigenvalue weighted by molar-refractivity contribution is 14.0. The van der Waals surface area contributed by atoms with E-state index in [4.69, 9.17) is 14.5 Å². The maximum absolute atomic E-state index is 5.71. The van der Waals surface area contributed by atoms with Gasteiger partial charge in [-0.15, -0.1) is 35.3 Å². The summed E-state index contributed by atoms with van der Waals surface area (Å²) >= 11 is 1.64. The van der Waals surface area contributed by atoms with E-state index in [0.29, 0.717) is 6.54 Å². The van der Waals surface area contributed by atoms with Gasteiger partial charge in [0, 0.05) is 38.2 Å². The van der Waals surface area contributed by atoms with E-state index in [-0.39, 0.29) is 24.0 Å². The molecule has 1 aromatic heterocycles. The molecule has 8 heteroatoms. The monoisotopic (exact) mass is 516 g/mol. The summed E-state index contributed by atoms with van der Waals surface area (Å²) in [6, 6.07) is 7.97. The fourth-order valence-corrected chi connectivity index (χ4v) is 3.48. The van der Waals surface area contributed by atoms with Gasteiger partial charge in [-0.2, -0.15) is 0 Å². The van der Waals surface area contributed by atoms with Crippen LogP contribution in [0.3, 0.4) is 0 Å². The standard InChI is InChI=1S/C20H28N4O2S.HI/c1-21-20(24(2)10-11-26-13-15-4-5-15)22-12-17-14-27-19(23-17)16-6-8-18(25-3)9-7-16;/h6-9,14-15H,4-5,10-13H2,1-3H3,(H,21,22);1H. The van der Waals surface area contributed by atoms with Crippen LogP contribution in [0.1, 0.15) is 18.5 Å². The lowest BCUT2D eigenvalue weighted by Gasteiger charge is -2.21. The summed E-state index contributed by atoms with van der Waals surface area (Å²) in [4.78, 5) is 11.2. The summed E-state index contributed by atoms with van der Waals surface area (Å²) in [5, 5.41) is 6.46. The number of thiazole rings is 1. The number of nitrogens with zero attached hydrogens (tertiary/aromatic N) is 3. The van der Waals surface area contributed by atoms with Crippen molar-refractivity contribution in [1.82, 2.24) is 15.2 Å². The van der Waals surface area contributed by atoms with E-state index in [0.717, 1.165) is 53.7 Å². The Hall–Kier alpha value is -1.39. The predicted octanol–water partition coefficient (Wildman–Crippen LogP) is 3.87. The van der Waals surface area contributed by atoms with E-state index in [1.165, 1.54) is 12.8 Å². The Morgan fingerprint density at radius 3 is 2.71 bits per heavy atom. The number of hydrogen-bond acceptors (Lipinski definition) is 5. The minimum Gasteiger partial charge on any atom is -0.497 e. The molecule has 0 atom stereocenters. The van der Waals surface area contributed by atoms with Gasteiger partial charge < -0.3 is 19.7 Å². The minimum atomic E-state index is 0. The molecule has 0 radical (unpaired) electrons. The maximum Gasteiger partial charge on any atom is 0.193 e. The van der Waals surface area contributed by atoms with Crippen LogP contribution in [0.2, 0.25) is 0 Å². The van der Waals surface area contributed by atoms with Gasteiger partial charge in [-0.1, -0.05) is 0 Å². The second-order valence-corrected chi connectivity index (χ2v) is 7.57. The number of rotatable bonds is 9. The first-order valence-corrected chi connectivity index (χ1v) is 10.2. The molecule has 1 fully saturated rings. The van der Waals surface area contributed by atoms with Crippen LogP contribution in [0.25, 0.3) is 10.6 Å². The third kappa shape index (κ3) is 6.89. The number of ether oxygens (including phenoxy) is 2. The quantitative estimate of drug-likeness (QED) is 0.237. The molecule has 0 spiro atoms. The largest absolute Gasteiger partial charge is 0.497 e. The average Bonchev–Trinajstić information content (AvgIpc) is 3.41. The molecule has 2 aromatic rings. The molecule has 1 N–H and O–H groups in total. The zero-order chi connectivity index (χ0) is 19.1. The van der Waals surface area contributed by atoms with Gasteiger partial charge in [-0.25, -0.2) is 4.98 Å². The molecule has 1 aliphatic carbocycles. The van der Waals surface area contributed by atoms with Crippen molar-refractivity contribution in [2.24, 2.45) is 10.9 Å². The molecule has 0 aliphatic heterocycles. The van der Waals surface area contributed by atoms with Crippen LogP contribution in [0.5, 0.6) is 5.75 Å². The summed E-state index contributed by atoms with van der Waals surface area (Å²) in [6.45, 7) is 3.09. The van der Waals surface area contributed by atoms with E-state index in [1.54, 1.807) is 25.5 Å². The second-order valence-electron chi connectivity index (χ2n) is 6.71. The summed E-state index contributed by atoms with van der Waals surface area (Å²) < 4.78 is 10.9. The highest BCUT2D eigenvalue weighted by atomic mass is 127. The van der Waals surface area contributed by atoms with Crippen molar-refractivity contribution in [3.63, 3.8) is 0 Å². The highest BCUT2D eigenvalue weighted by Gasteiger charge is 2.21. The number of aliphatic imine (C=N–C) groups is 1. The van der Waals surface area contributed by atoms with E-state index in [1.807, 2.05) is 31.3 Å².